The summed E-state index contributed by atoms with van der Waals surface area (Å²) in [6.45, 7) is 6.76. The zero-order chi connectivity index (χ0) is 10.6. The summed E-state index contributed by atoms with van der Waals surface area (Å²) in [5.74, 6) is -0.434. The van der Waals surface area contributed by atoms with Gasteiger partial charge in [0.25, 0.3) is 0 Å². The summed E-state index contributed by atoms with van der Waals surface area (Å²) in [5, 5.41) is 8.82. The van der Waals surface area contributed by atoms with Crippen molar-refractivity contribution in [2.45, 2.75) is 5.92 Å². The van der Waals surface area contributed by atoms with E-state index in [2.05, 4.69) is 13.5 Å². The first kappa shape index (κ1) is 10.5. The Morgan fingerprint density at radius 3 is 2.79 bits per heavy atom. The first-order valence-electron chi connectivity index (χ1n) is 4.29. The van der Waals surface area contributed by atoms with Gasteiger partial charge in [-0.05, 0) is 24.1 Å². The average molecular weight is 188 g/mol. The summed E-state index contributed by atoms with van der Waals surface area (Å²) in [5.41, 5.74) is 1.94. The molecule has 2 heteroatoms. The molecule has 0 N–H and O–H groups in total. The van der Waals surface area contributed by atoms with E-state index in [0.717, 1.165) is 5.56 Å². The van der Waals surface area contributed by atoms with Crippen LogP contribution in [0.1, 0.15) is 22.6 Å². The zero-order valence-corrected chi connectivity index (χ0v) is 7.83. The van der Waals surface area contributed by atoms with Crippen LogP contribution in [-0.2, 0) is 0 Å². The van der Waals surface area contributed by atoms with Gasteiger partial charge in [0, 0.05) is 5.92 Å². The van der Waals surface area contributed by atoms with Crippen LogP contribution >= 0.6 is 0 Å². The Bertz CT molecular complexity index is 376. The van der Waals surface area contributed by atoms with Crippen LogP contribution in [0.4, 0.5) is 4.39 Å². The molecule has 0 aliphatic heterocycles. The molecule has 0 amide bonds. The maximum absolute atomic E-state index is 12.4. The van der Waals surface area contributed by atoms with Crippen LogP contribution in [0.15, 0.2) is 24.8 Å². The molecule has 1 nitrogen and oxygen atoms in total. The van der Waals surface area contributed by atoms with Crippen LogP contribution in [0.25, 0.3) is 6.08 Å². The number of nitrogens with zero attached hydrogens (tertiary/aromatic N) is 1. The number of nitriles is 1. The number of rotatable bonds is 3. The number of hydrogen-bond acceptors (Lipinski definition) is 1. The quantitative estimate of drug-likeness (QED) is 0.715. The molecule has 14 heavy (non-hydrogen) atoms. The van der Waals surface area contributed by atoms with E-state index >= 15 is 0 Å². The topological polar surface area (TPSA) is 23.8 Å². The molecule has 1 atom stereocenters. The Hall–Kier alpha value is -1.62. The minimum Gasteiger partial charge on any atom is -0.250 e. The lowest BCUT2D eigenvalue weighted by Gasteiger charge is -2.11. The molecule has 0 aliphatic rings. The van der Waals surface area contributed by atoms with Gasteiger partial charge in [0.15, 0.2) is 0 Å². The Kier molecular flexibility index (Phi) is 3.41. The molecule has 0 bridgehead atoms. The molecule has 1 radical (unpaired) electrons. The van der Waals surface area contributed by atoms with Crippen LogP contribution in [0.2, 0.25) is 0 Å². The van der Waals surface area contributed by atoms with Crippen molar-refractivity contribution in [3.63, 3.8) is 0 Å². The summed E-state index contributed by atoms with van der Waals surface area (Å²) < 4.78 is 12.4. The molecular weight excluding hydrogens is 177 g/mol. The number of alkyl halides is 1. The van der Waals surface area contributed by atoms with Gasteiger partial charge in [0.05, 0.1) is 18.3 Å². The highest BCUT2D eigenvalue weighted by atomic mass is 19.1. The van der Waals surface area contributed by atoms with Crippen LogP contribution in [0.5, 0.6) is 0 Å². The molecule has 0 spiro atoms. The summed E-state index contributed by atoms with van der Waals surface area (Å²) in [7, 11) is 0. The van der Waals surface area contributed by atoms with Crippen molar-refractivity contribution in [2.24, 2.45) is 0 Å². The molecular formula is C12H11FN. The minimum absolute atomic E-state index is 0.434. The Labute approximate surface area is 83.5 Å². The van der Waals surface area contributed by atoms with Gasteiger partial charge in [0.2, 0.25) is 0 Å². The van der Waals surface area contributed by atoms with Gasteiger partial charge in [-0.2, -0.15) is 5.26 Å². The first-order valence-corrected chi connectivity index (χ1v) is 4.29. The van der Waals surface area contributed by atoms with Crippen molar-refractivity contribution in [3.05, 3.63) is 48.4 Å². The van der Waals surface area contributed by atoms with Gasteiger partial charge in [-0.15, -0.1) is 0 Å². The predicted octanol–water partition coefficient (Wildman–Crippen LogP) is 3.09. The van der Waals surface area contributed by atoms with Crippen LogP contribution in [-0.4, -0.2) is 6.67 Å². The van der Waals surface area contributed by atoms with Gasteiger partial charge in [-0.25, -0.2) is 0 Å². The third-order valence-corrected chi connectivity index (χ3v) is 2.09. The van der Waals surface area contributed by atoms with Crippen molar-refractivity contribution in [1.29, 1.82) is 5.26 Å². The van der Waals surface area contributed by atoms with E-state index in [1.165, 1.54) is 0 Å². The Morgan fingerprint density at radius 2 is 2.29 bits per heavy atom. The van der Waals surface area contributed by atoms with E-state index in [1.807, 2.05) is 6.07 Å². The minimum atomic E-state index is -0.532. The lowest BCUT2D eigenvalue weighted by atomic mass is 9.93. The smallest absolute Gasteiger partial charge is 0.0998 e. The standard InChI is InChI=1S/C12H11FN/c1-3-11-10(8-14)5-4-6-12(11)9(2)7-13/h3-6,9H,1-2,7H2. The van der Waals surface area contributed by atoms with Crippen LogP contribution in [0.3, 0.4) is 0 Å². The zero-order valence-electron chi connectivity index (χ0n) is 7.83. The second kappa shape index (κ2) is 4.57. The second-order valence-corrected chi connectivity index (χ2v) is 2.98. The third-order valence-electron chi connectivity index (χ3n) is 2.09. The van der Waals surface area contributed by atoms with Crippen molar-refractivity contribution in [1.82, 2.24) is 0 Å². The van der Waals surface area contributed by atoms with Gasteiger partial charge < -0.3 is 0 Å². The van der Waals surface area contributed by atoms with Crippen LogP contribution < -0.4 is 0 Å². The monoisotopic (exact) mass is 188 g/mol. The molecule has 1 aromatic carbocycles. The van der Waals surface area contributed by atoms with Crippen molar-refractivity contribution >= 4 is 6.08 Å². The molecule has 0 saturated carbocycles. The molecule has 0 aromatic heterocycles. The van der Waals surface area contributed by atoms with Crippen LogP contribution in [0, 0.1) is 18.3 Å². The molecule has 0 heterocycles. The van der Waals surface area contributed by atoms with E-state index in [1.54, 1.807) is 24.3 Å². The second-order valence-electron chi connectivity index (χ2n) is 2.98. The first-order chi connectivity index (χ1) is 6.74. The van der Waals surface area contributed by atoms with Gasteiger partial charge in [0.1, 0.15) is 0 Å². The van der Waals surface area contributed by atoms with Crippen molar-refractivity contribution in [3.8, 4) is 6.07 Å². The predicted molar refractivity (Wildman–Crippen MR) is 55.3 cm³/mol. The van der Waals surface area contributed by atoms with Crippen molar-refractivity contribution < 1.29 is 4.39 Å². The summed E-state index contributed by atoms with van der Waals surface area (Å²) in [6, 6.07) is 7.23. The fourth-order valence-corrected chi connectivity index (χ4v) is 1.35. The molecule has 0 fully saturated rings. The van der Waals surface area contributed by atoms with Gasteiger partial charge >= 0.3 is 0 Å². The summed E-state index contributed by atoms with van der Waals surface area (Å²) >= 11 is 0. The summed E-state index contributed by atoms with van der Waals surface area (Å²) in [6.07, 6.45) is 1.57. The SMILES string of the molecule is [CH2]C(CF)c1cccc(C#N)c1C=C. The van der Waals surface area contributed by atoms with E-state index in [9.17, 15) is 4.39 Å². The van der Waals surface area contributed by atoms with E-state index in [0.29, 0.717) is 11.1 Å². The van der Waals surface area contributed by atoms with E-state index in [-0.39, 0.29) is 0 Å². The number of benzene rings is 1. The Balaban J connectivity index is 3.30. The highest BCUT2D eigenvalue weighted by Crippen LogP contribution is 2.23. The van der Waals surface area contributed by atoms with Crippen molar-refractivity contribution in [2.75, 3.05) is 6.67 Å². The lowest BCUT2D eigenvalue weighted by Crippen LogP contribution is -2.00. The fourth-order valence-electron chi connectivity index (χ4n) is 1.35. The molecule has 0 aliphatic carbocycles. The van der Waals surface area contributed by atoms with Gasteiger partial charge in [-0.3, -0.25) is 4.39 Å². The third kappa shape index (κ3) is 1.82. The molecule has 1 rings (SSSR count). The number of halogens is 1. The maximum atomic E-state index is 12.4. The molecule has 71 valence electrons. The molecule has 1 aromatic rings. The van der Waals surface area contributed by atoms with E-state index < -0.39 is 12.6 Å². The van der Waals surface area contributed by atoms with E-state index in [4.69, 9.17) is 5.26 Å². The highest BCUT2D eigenvalue weighted by molar-refractivity contribution is 5.61. The maximum Gasteiger partial charge on any atom is 0.0998 e. The Morgan fingerprint density at radius 1 is 1.57 bits per heavy atom. The average Bonchev–Trinajstić information content (AvgIpc) is 2.26. The number of hydrogen-bond donors (Lipinski definition) is 0. The molecule has 1 unspecified atom stereocenters. The van der Waals surface area contributed by atoms with Gasteiger partial charge in [-0.1, -0.05) is 24.8 Å². The fraction of sp³-hybridized carbons (Fsp3) is 0.167. The largest absolute Gasteiger partial charge is 0.250 e. The normalized spacial score (nSPS) is 11.8. The summed E-state index contributed by atoms with van der Waals surface area (Å²) in [4.78, 5) is 0. The highest BCUT2D eigenvalue weighted by Gasteiger charge is 2.11. The molecule has 0 saturated heterocycles. The lowest BCUT2D eigenvalue weighted by molar-refractivity contribution is 0.465.